The molecule has 0 fully saturated rings. The highest BCUT2D eigenvalue weighted by Crippen LogP contribution is 2.39. The summed E-state index contributed by atoms with van der Waals surface area (Å²) < 4.78 is 47.3. The molecule has 206 valence electrons. The summed E-state index contributed by atoms with van der Waals surface area (Å²) in [6.07, 6.45) is 2.37. The number of rotatable bonds is 10. The van der Waals surface area contributed by atoms with E-state index in [4.69, 9.17) is 14.9 Å². The van der Waals surface area contributed by atoms with E-state index >= 15 is 0 Å². The van der Waals surface area contributed by atoms with Crippen LogP contribution >= 0.6 is 0 Å². The maximum absolute atomic E-state index is 14.4. The van der Waals surface area contributed by atoms with Crippen LogP contribution in [0.1, 0.15) is 35.1 Å². The highest BCUT2D eigenvalue weighted by atomic mass is 32.2. The molecule has 0 spiro atoms. The van der Waals surface area contributed by atoms with Gasteiger partial charge < -0.3 is 15.2 Å². The number of imidazole rings is 1. The zero-order valence-electron chi connectivity index (χ0n) is 22.6. The van der Waals surface area contributed by atoms with Gasteiger partial charge in [0.2, 0.25) is 5.91 Å². The van der Waals surface area contributed by atoms with Gasteiger partial charge in [0.15, 0.2) is 0 Å². The minimum absolute atomic E-state index is 0.137. The molecule has 2 aromatic carbocycles. The lowest BCUT2D eigenvalue weighted by Gasteiger charge is -2.18. The van der Waals surface area contributed by atoms with Crippen LogP contribution in [0, 0.1) is 26.6 Å². The normalized spacial score (nSPS) is 11.8. The maximum atomic E-state index is 14.4. The van der Waals surface area contributed by atoms with Crippen molar-refractivity contribution in [3.63, 3.8) is 0 Å². The second kappa shape index (κ2) is 11.0. The van der Waals surface area contributed by atoms with Gasteiger partial charge in [-0.3, -0.25) is 9.20 Å². The molecule has 2 aromatic heterocycles. The molecule has 11 heteroatoms. The Kier molecular flexibility index (Phi) is 7.94. The Morgan fingerprint density at radius 3 is 2.44 bits per heavy atom. The minimum atomic E-state index is -3.99. The van der Waals surface area contributed by atoms with E-state index in [9.17, 15) is 17.6 Å². The number of para-hydroxylation sites is 1. The third kappa shape index (κ3) is 6.04. The molecule has 0 saturated carbocycles. The zero-order valence-corrected chi connectivity index (χ0v) is 23.4. The van der Waals surface area contributed by atoms with Crippen LogP contribution < -0.4 is 15.2 Å². The number of hydrogen-bond acceptors (Lipinski definition) is 6. The van der Waals surface area contributed by atoms with Crippen LogP contribution in [0.2, 0.25) is 0 Å². The Labute approximate surface area is 227 Å². The van der Waals surface area contributed by atoms with Crippen molar-refractivity contribution in [3.8, 4) is 17.0 Å². The quantitative estimate of drug-likeness (QED) is 0.291. The Bertz CT molecular complexity index is 1640. The van der Waals surface area contributed by atoms with Crippen molar-refractivity contribution in [3.05, 3.63) is 76.7 Å². The molecule has 4 rings (SSSR count). The number of benzene rings is 2. The molecule has 9 nitrogen and oxygen atoms in total. The fourth-order valence-electron chi connectivity index (χ4n) is 4.50. The van der Waals surface area contributed by atoms with Gasteiger partial charge in [-0.25, -0.2) is 9.37 Å². The second-order valence-corrected chi connectivity index (χ2v) is 11.4. The van der Waals surface area contributed by atoms with Gasteiger partial charge in [0.25, 0.3) is 0 Å². The van der Waals surface area contributed by atoms with Gasteiger partial charge in [0.1, 0.15) is 28.7 Å². The number of nitrogens with zero attached hydrogens (tertiary/aromatic N) is 3. The first kappa shape index (κ1) is 28.1. The molecule has 0 aliphatic rings. The lowest BCUT2D eigenvalue weighted by atomic mass is 9.94. The molecule has 0 bridgehead atoms. The van der Waals surface area contributed by atoms with Gasteiger partial charge in [-0.15, -0.1) is 0 Å². The summed E-state index contributed by atoms with van der Waals surface area (Å²) >= 11 is 0. The first-order valence-electron chi connectivity index (χ1n) is 12.4. The zero-order chi connectivity index (χ0) is 28.5. The summed E-state index contributed by atoms with van der Waals surface area (Å²) in [7, 11) is -1.23. The number of halogens is 1. The number of aryl methyl sites for hydroxylation is 4. The Morgan fingerprint density at radius 2 is 1.79 bits per heavy atom. The molecule has 0 unspecified atom stereocenters. The predicted octanol–water partition coefficient (Wildman–Crippen LogP) is 4.80. The number of amides is 1. The first-order valence-corrected chi connectivity index (χ1v) is 13.8. The second-order valence-electron chi connectivity index (χ2n) is 9.69. The third-order valence-electron chi connectivity index (χ3n) is 6.45. The number of pyridine rings is 1. The largest absolute Gasteiger partial charge is 0.384 e. The molecular formula is C28H32FN5O4S. The Balaban J connectivity index is 1.94. The average Bonchev–Trinajstić information content (AvgIpc) is 3.17. The van der Waals surface area contributed by atoms with Crippen molar-refractivity contribution in [2.24, 2.45) is 5.73 Å². The lowest BCUT2D eigenvalue weighted by molar-refractivity contribution is -0.118. The van der Waals surface area contributed by atoms with E-state index in [0.29, 0.717) is 41.1 Å². The van der Waals surface area contributed by atoms with Crippen molar-refractivity contribution >= 4 is 33.4 Å². The topological polar surface area (TPSA) is 119 Å². The van der Waals surface area contributed by atoms with Gasteiger partial charge in [-0.05, 0) is 80.1 Å². The fraction of sp³-hybridized carbons (Fsp3) is 0.286. The molecule has 3 N–H and O–H groups in total. The van der Waals surface area contributed by atoms with Crippen molar-refractivity contribution in [1.29, 1.82) is 0 Å². The number of anilines is 2. The van der Waals surface area contributed by atoms with E-state index in [1.54, 1.807) is 22.6 Å². The highest BCUT2D eigenvalue weighted by Gasteiger charge is 2.23. The summed E-state index contributed by atoms with van der Waals surface area (Å²) in [6.45, 7) is 5.79. The molecule has 0 radical (unpaired) electrons. The number of hydrogen-bond donors (Lipinski definition) is 2. The number of carbonyl (C=O) groups is 1. The number of nitrogens with two attached hydrogens (primary N) is 1. The van der Waals surface area contributed by atoms with Crippen LogP contribution in [0.3, 0.4) is 0 Å². The monoisotopic (exact) mass is 553 g/mol. The minimum Gasteiger partial charge on any atom is -0.371 e. The van der Waals surface area contributed by atoms with E-state index < -0.39 is 22.0 Å². The van der Waals surface area contributed by atoms with E-state index in [-0.39, 0.29) is 12.2 Å². The molecule has 39 heavy (non-hydrogen) atoms. The molecular weight excluding hydrogens is 521 g/mol. The summed E-state index contributed by atoms with van der Waals surface area (Å²) in [4.78, 5) is 16.3. The first-order chi connectivity index (χ1) is 18.4. The van der Waals surface area contributed by atoms with Gasteiger partial charge in [-0.2, -0.15) is 12.7 Å². The average molecular weight is 554 g/mol. The fourth-order valence-corrected chi connectivity index (χ4v) is 4.99. The van der Waals surface area contributed by atoms with E-state index in [0.717, 1.165) is 26.7 Å². The molecule has 0 atom stereocenters. The van der Waals surface area contributed by atoms with Crippen molar-refractivity contribution < 1.29 is 21.8 Å². The van der Waals surface area contributed by atoms with Crippen LogP contribution in [0.4, 0.5) is 15.9 Å². The summed E-state index contributed by atoms with van der Waals surface area (Å²) in [5.41, 5.74) is 11.5. The number of carbonyl (C=O) groups excluding carboxylic acids is 1. The van der Waals surface area contributed by atoms with E-state index in [1.165, 1.54) is 26.4 Å². The van der Waals surface area contributed by atoms with Gasteiger partial charge >= 0.3 is 10.3 Å². The SMILES string of the molecule is Cc1cccc(C)c1Nc1c(-c2c(C)cc(OS(=O)(=O)N(C)C)cc2CCCC(N)=O)nc2ccc(F)cn12. The highest BCUT2D eigenvalue weighted by molar-refractivity contribution is 7.84. The third-order valence-corrected chi connectivity index (χ3v) is 7.75. The Morgan fingerprint density at radius 1 is 1.10 bits per heavy atom. The smallest absolute Gasteiger partial charge is 0.371 e. The molecule has 0 aliphatic heterocycles. The van der Waals surface area contributed by atoms with Crippen molar-refractivity contribution in [2.45, 2.75) is 40.0 Å². The van der Waals surface area contributed by atoms with Crippen LogP contribution in [-0.2, 0) is 21.5 Å². The Hall–Kier alpha value is -3.96. The van der Waals surface area contributed by atoms with Crippen molar-refractivity contribution in [2.75, 3.05) is 19.4 Å². The van der Waals surface area contributed by atoms with Gasteiger partial charge in [0.05, 0.1) is 0 Å². The molecule has 2 heterocycles. The number of primary amides is 1. The summed E-state index contributed by atoms with van der Waals surface area (Å²) in [5, 5.41) is 3.48. The summed E-state index contributed by atoms with van der Waals surface area (Å²) in [5.74, 6) is -0.169. The number of fused-ring (bicyclic) bond motifs is 1. The number of aromatic nitrogens is 2. The van der Waals surface area contributed by atoms with E-state index in [2.05, 4.69) is 5.32 Å². The van der Waals surface area contributed by atoms with Crippen LogP contribution in [0.15, 0.2) is 48.7 Å². The lowest BCUT2D eigenvalue weighted by Crippen LogP contribution is -2.27. The van der Waals surface area contributed by atoms with Crippen LogP contribution in [0.25, 0.3) is 16.9 Å². The van der Waals surface area contributed by atoms with Crippen LogP contribution in [0.5, 0.6) is 5.75 Å². The molecule has 0 saturated heterocycles. The van der Waals surface area contributed by atoms with Crippen molar-refractivity contribution in [1.82, 2.24) is 13.7 Å². The van der Waals surface area contributed by atoms with E-state index in [1.807, 2.05) is 39.0 Å². The van der Waals surface area contributed by atoms with Crippen LogP contribution in [-0.4, -0.2) is 42.1 Å². The van der Waals surface area contributed by atoms with Gasteiger partial charge in [0, 0.05) is 38.0 Å². The van der Waals surface area contributed by atoms with Gasteiger partial charge in [-0.1, -0.05) is 18.2 Å². The number of nitrogens with one attached hydrogen (secondary N) is 1. The predicted molar refractivity (Wildman–Crippen MR) is 150 cm³/mol. The molecule has 4 aromatic rings. The molecule has 0 aliphatic carbocycles. The summed E-state index contributed by atoms with van der Waals surface area (Å²) in [6, 6.07) is 12.1. The maximum Gasteiger partial charge on any atom is 0.384 e. The standard InChI is InChI=1S/C28H32FN5O4S/c1-17-8-6-9-18(2)26(17)32-28-27(31-24-13-12-21(29)16-34(24)28)25-19(3)14-22(38-39(36,37)33(4)5)15-20(25)10-7-11-23(30)35/h6,8-9,12-16,32H,7,10-11H2,1-5H3,(H2,30,35). The molecule has 1 amide bonds.